The van der Waals surface area contributed by atoms with E-state index < -0.39 is 0 Å². The summed E-state index contributed by atoms with van der Waals surface area (Å²) in [6.07, 6.45) is 7.52. The van der Waals surface area contributed by atoms with E-state index in [4.69, 9.17) is 5.10 Å². The van der Waals surface area contributed by atoms with Crippen molar-refractivity contribution in [2.75, 3.05) is 13.6 Å². The number of imidazole rings is 1. The summed E-state index contributed by atoms with van der Waals surface area (Å²) in [5.41, 5.74) is 3.23. The summed E-state index contributed by atoms with van der Waals surface area (Å²) in [6.45, 7) is 0.929. The minimum Gasteiger partial charge on any atom is -0.319 e. The molecule has 4 nitrogen and oxygen atoms in total. The highest BCUT2D eigenvalue weighted by Crippen LogP contribution is 2.32. The molecule has 0 aromatic carbocycles. The van der Waals surface area contributed by atoms with Crippen molar-refractivity contribution in [1.29, 1.82) is 0 Å². The molecule has 5 heteroatoms. The van der Waals surface area contributed by atoms with Crippen molar-refractivity contribution in [3.05, 3.63) is 28.1 Å². The second-order valence-corrected chi connectivity index (χ2v) is 6.32. The van der Waals surface area contributed by atoms with E-state index in [0.29, 0.717) is 5.92 Å². The number of aromatic nitrogens is 3. The number of hydrogen-bond acceptors (Lipinski definition) is 3. The normalized spacial score (nSPS) is 16.9. The molecule has 2 aromatic rings. The molecule has 1 aliphatic rings. The van der Waals surface area contributed by atoms with E-state index in [1.165, 1.54) is 37.8 Å². The van der Waals surface area contributed by atoms with Crippen LogP contribution in [0.15, 0.2) is 16.7 Å². The summed E-state index contributed by atoms with van der Waals surface area (Å²) in [4.78, 5) is 4.65. The van der Waals surface area contributed by atoms with E-state index >= 15 is 0 Å². The zero-order valence-electron chi connectivity index (χ0n) is 11.9. The molecule has 0 spiro atoms. The second kappa shape index (κ2) is 6.22. The van der Waals surface area contributed by atoms with Crippen LogP contribution in [0.4, 0.5) is 0 Å². The maximum absolute atomic E-state index is 4.81. The van der Waals surface area contributed by atoms with Gasteiger partial charge in [-0.25, -0.2) is 9.50 Å². The molecule has 0 radical (unpaired) electrons. The van der Waals surface area contributed by atoms with Crippen LogP contribution in [0.5, 0.6) is 0 Å². The highest BCUT2D eigenvalue weighted by molar-refractivity contribution is 9.10. The monoisotopic (exact) mass is 336 g/mol. The Balaban J connectivity index is 1.91. The van der Waals surface area contributed by atoms with Gasteiger partial charge in [0.15, 0.2) is 5.65 Å². The zero-order chi connectivity index (χ0) is 13.9. The quantitative estimate of drug-likeness (QED) is 0.931. The number of halogens is 1. The van der Waals surface area contributed by atoms with Crippen LogP contribution in [0.2, 0.25) is 0 Å². The van der Waals surface area contributed by atoms with Gasteiger partial charge in [-0.15, -0.1) is 0 Å². The standard InChI is InChI=1S/C15H21BrN4/c1-17-10-9-13-15(16)20-14(18-13)8-7-12(19-20)11-5-3-2-4-6-11/h7-8,11,17H,2-6,9-10H2,1H3. The molecule has 0 atom stereocenters. The third-order valence-corrected chi connectivity index (χ3v) is 4.94. The molecule has 1 fully saturated rings. The summed E-state index contributed by atoms with van der Waals surface area (Å²) in [6, 6.07) is 4.26. The van der Waals surface area contributed by atoms with E-state index in [1.807, 2.05) is 11.6 Å². The second-order valence-electron chi connectivity index (χ2n) is 5.57. The Morgan fingerprint density at radius 1 is 1.30 bits per heavy atom. The molecular weight excluding hydrogens is 316 g/mol. The van der Waals surface area contributed by atoms with Crippen LogP contribution in [0, 0.1) is 0 Å². The molecule has 3 rings (SSSR count). The topological polar surface area (TPSA) is 42.2 Å². The molecule has 20 heavy (non-hydrogen) atoms. The first-order valence-corrected chi connectivity index (χ1v) is 8.27. The lowest BCUT2D eigenvalue weighted by Gasteiger charge is -2.20. The first-order chi connectivity index (χ1) is 9.79. The Morgan fingerprint density at radius 3 is 2.85 bits per heavy atom. The van der Waals surface area contributed by atoms with Gasteiger partial charge in [0.1, 0.15) is 4.60 Å². The molecule has 1 N–H and O–H groups in total. The molecule has 0 saturated heterocycles. The Bertz CT molecular complexity index is 587. The summed E-state index contributed by atoms with van der Waals surface area (Å²) in [5.74, 6) is 0.628. The number of fused-ring (bicyclic) bond motifs is 1. The predicted octanol–water partition coefficient (Wildman–Crippen LogP) is 3.30. The van der Waals surface area contributed by atoms with Gasteiger partial charge < -0.3 is 5.32 Å². The molecule has 0 bridgehead atoms. The molecule has 108 valence electrons. The smallest absolute Gasteiger partial charge is 0.155 e. The van der Waals surface area contributed by atoms with Gasteiger partial charge in [-0.2, -0.15) is 5.10 Å². The van der Waals surface area contributed by atoms with E-state index in [1.54, 1.807) is 0 Å². The third kappa shape index (κ3) is 2.74. The van der Waals surface area contributed by atoms with E-state index in [2.05, 4.69) is 38.4 Å². The van der Waals surface area contributed by atoms with Crippen LogP contribution in [0.1, 0.15) is 49.4 Å². The SMILES string of the molecule is CNCCc1nc2ccc(C3CCCCC3)nn2c1Br. The number of rotatable bonds is 4. The average Bonchev–Trinajstić information content (AvgIpc) is 2.82. The van der Waals surface area contributed by atoms with Gasteiger partial charge in [-0.05, 0) is 48.0 Å². The fourth-order valence-corrected chi connectivity index (χ4v) is 3.53. The maximum atomic E-state index is 4.81. The van der Waals surface area contributed by atoms with Crippen LogP contribution in [0.3, 0.4) is 0 Å². The first kappa shape index (κ1) is 14.0. The zero-order valence-corrected chi connectivity index (χ0v) is 13.5. The lowest BCUT2D eigenvalue weighted by atomic mass is 9.87. The minimum absolute atomic E-state index is 0.628. The van der Waals surface area contributed by atoms with Gasteiger partial charge in [-0.1, -0.05) is 19.3 Å². The third-order valence-electron chi connectivity index (χ3n) is 4.14. The van der Waals surface area contributed by atoms with Crippen molar-refractivity contribution in [2.24, 2.45) is 0 Å². The van der Waals surface area contributed by atoms with Gasteiger partial charge in [-0.3, -0.25) is 0 Å². The fourth-order valence-electron chi connectivity index (χ4n) is 2.98. The Kier molecular flexibility index (Phi) is 4.36. The molecular formula is C15H21BrN4. The first-order valence-electron chi connectivity index (χ1n) is 7.48. The van der Waals surface area contributed by atoms with Gasteiger partial charge in [0.25, 0.3) is 0 Å². The van der Waals surface area contributed by atoms with E-state index in [-0.39, 0.29) is 0 Å². The molecule has 0 aliphatic heterocycles. The fraction of sp³-hybridized carbons (Fsp3) is 0.600. The van der Waals surface area contributed by atoms with Crippen LogP contribution in [0.25, 0.3) is 5.65 Å². The lowest BCUT2D eigenvalue weighted by Crippen LogP contribution is -2.11. The van der Waals surface area contributed by atoms with Crippen molar-refractivity contribution in [3.63, 3.8) is 0 Å². The number of hydrogen-bond donors (Lipinski definition) is 1. The minimum atomic E-state index is 0.628. The highest BCUT2D eigenvalue weighted by Gasteiger charge is 2.18. The Hall–Kier alpha value is -0.940. The molecule has 2 aromatic heterocycles. The summed E-state index contributed by atoms with van der Waals surface area (Å²) < 4.78 is 2.95. The summed E-state index contributed by atoms with van der Waals surface area (Å²) in [5, 5.41) is 7.97. The van der Waals surface area contributed by atoms with Crippen molar-refractivity contribution >= 4 is 21.6 Å². The molecule has 1 saturated carbocycles. The number of nitrogens with one attached hydrogen (secondary N) is 1. The lowest BCUT2D eigenvalue weighted by molar-refractivity contribution is 0.433. The van der Waals surface area contributed by atoms with Gasteiger partial charge in [0.2, 0.25) is 0 Å². The van der Waals surface area contributed by atoms with Crippen LogP contribution >= 0.6 is 15.9 Å². The van der Waals surface area contributed by atoms with Crippen LogP contribution < -0.4 is 5.32 Å². The van der Waals surface area contributed by atoms with E-state index in [9.17, 15) is 0 Å². The largest absolute Gasteiger partial charge is 0.319 e. The predicted molar refractivity (Wildman–Crippen MR) is 84.1 cm³/mol. The van der Waals surface area contributed by atoms with Gasteiger partial charge >= 0.3 is 0 Å². The average molecular weight is 337 g/mol. The molecule has 0 unspecified atom stereocenters. The number of nitrogens with zero attached hydrogens (tertiary/aromatic N) is 3. The molecule has 0 amide bonds. The highest BCUT2D eigenvalue weighted by atomic mass is 79.9. The Labute approximate surface area is 128 Å². The van der Waals surface area contributed by atoms with Crippen LogP contribution in [-0.2, 0) is 6.42 Å². The van der Waals surface area contributed by atoms with Crippen molar-refractivity contribution in [3.8, 4) is 0 Å². The molecule has 2 heterocycles. The van der Waals surface area contributed by atoms with Crippen molar-refractivity contribution in [2.45, 2.75) is 44.4 Å². The van der Waals surface area contributed by atoms with Gasteiger partial charge in [0.05, 0.1) is 11.4 Å². The van der Waals surface area contributed by atoms with Crippen molar-refractivity contribution in [1.82, 2.24) is 19.9 Å². The van der Waals surface area contributed by atoms with Crippen LogP contribution in [-0.4, -0.2) is 28.2 Å². The van der Waals surface area contributed by atoms with E-state index in [0.717, 1.165) is 28.9 Å². The Morgan fingerprint density at radius 2 is 2.10 bits per heavy atom. The summed E-state index contributed by atoms with van der Waals surface area (Å²) in [7, 11) is 1.96. The summed E-state index contributed by atoms with van der Waals surface area (Å²) >= 11 is 3.65. The molecule has 1 aliphatic carbocycles. The maximum Gasteiger partial charge on any atom is 0.155 e. The number of likely N-dealkylation sites (N-methyl/N-ethyl adjacent to an activating group) is 1. The van der Waals surface area contributed by atoms with Crippen molar-refractivity contribution < 1.29 is 0 Å². The van der Waals surface area contributed by atoms with Gasteiger partial charge in [0, 0.05) is 18.9 Å².